The van der Waals surface area contributed by atoms with Gasteiger partial charge in [-0.1, -0.05) is 19.1 Å². The lowest BCUT2D eigenvalue weighted by atomic mass is 10.0. The van der Waals surface area contributed by atoms with Gasteiger partial charge in [0.25, 0.3) is 0 Å². The van der Waals surface area contributed by atoms with Crippen molar-refractivity contribution in [2.75, 3.05) is 12.3 Å². The number of aryl methyl sites for hydroxylation is 1. The van der Waals surface area contributed by atoms with Crippen molar-refractivity contribution in [1.29, 1.82) is 0 Å². The Hall–Kier alpha value is -1.84. The van der Waals surface area contributed by atoms with Gasteiger partial charge in [0.1, 0.15) is 0 Å². The molecule has 0 saturated carbocycles. The van der Waals surface area contributed by atoms with Crippen LogP contribution in [0, 0.1) is 6.92 Å². The van der Waals surface area contributed by atoms with E-state index in [9.17, 15) is 9.59 Å². The number of carbonyl (C=O) groups is 2. The lowest BCUT2D eigenvalue weighted by Gasteiger charge is -2.05. The Morgan fingerprint density at radius 2 is 2.00 bits per heavy atom. The predicted molar refractivity (Wildman–Crippen MR) is 72.5 cm³/mol. The van der Waals surface area contributed by atoms with E-state index >= 15 is 0 Å². The molecule has 0 saturated heterocycles. The second-order valence-corrected chi connectivity index (χ2v) is 4.34. The third-order valence-corrected chi connectivity index (χ3v) is 2.75. The van der Waals surface area contributed by atoms with Gasteiger partial charge in [0.15, 0.2) is 5.78 Å². The van der Waals surface area contributed by atoms with Crippen LogP contribution >= 0.6 is 0 Å². The van der Waals surface area contributed by atoms with E-state index in [1.807, 2.05) is 19.9 Å². The summed E-state index contributed by atoms with van der Waals surface area (Å²) in [7, 11) is 0. The van der Waals surface area contributed by atoms with E-state index < -0.39 is 0 Å². The van der Waals surface area contributed by atoms with Crippen molar-refractivity contribution < 1.29 is 9.59 Å². The fourth-order valence-electron chi connectivity index (χ4n) is 1.54. The van der Waals surface area contributed by atoms with Crippen LogP contribution in [0.3, 0.4) is 0 Å². The monoisotopic (exact) mass is 248 g/mol. The maximum atomic E-state index is 11.9. The van der Waals surface area contributed by atoms with Crippen LogP contribution < -0.4 is 11.1 Å². The first kappa shape index (κ1) is 14.2. The van der Waals surface area contributed by atoms with Gasteiger partial charge < -0.3 is 11.1 Å². The van der Waals surface area contributed by atoms with Gasteiger partial charge in [-0.2, -0.15) is 0 Å². The second-order valence-electron chi connectivity index (χ2n) is 4.34. The molecule has 0 aliphatic heterocycles. The Bertz CT molecular complexity index is 441. The van der Waals surface area contributed by atoms with Crippen molar-refractivity contribution in [2.24, 2.45) is 0 Å². The highest BCUT2D eigenvalue weighted by atomic mass is 16.2. The van der Waals surface area contributed by atoms with Crippen LogP contribution in [0.2, 0.25) is 0 Å². The molecule has 4 heteroatoms. The molecule has 0 heterocycles. The minimum Gasteiger partial charge on any atom is -0.398 e. The van der Waals surface area contributed by atoms with E-state index in [1.165, 1.54) is 0 Å². The molecule has 0 fully saturated rings. The van der Waals surface area contributed by atoms with Crippen molar-refractivity contribution in [1.82, 2.24) is 5.32 Å². The number of rotatable bonds is 6. The summed E-state index contributed by atoms with van der Waals surface area (Å²) in [5.41, 5.74) is 7.88. The molecule has 1 rings (SSSR count). The fraction of sp³-hybridized carbons (Fsp3) is 0.429. The highest BCUT2D eigenvalue weighted by Crippen LogP contribution is 2.14. The lowest BCUT2D eigenvalue weighted by molar-refractivity contribution is -0.121. The summed E-state index contributed by atoms with van der Waals surface area (Å²) < 4.78 is 0. The number of nitrogens with one attached hydrogen (secondary N) is 1. The van der Waals surface area contributed by atoms with Crippen LogP contribution in [0.4, 0.5) is 5.69 Å². The van der Waals surface area contributed by atoms with Gasteiger partial charge in [0.05, 0.1) is 0 Å². The number of benzene rings is 1. The molecule has 1 amide bonds. The first-order chi connectivity index (χ1) is 8.54. The predicted octanol–water partition coefficient (Wildman–Crippen LogP) is 2.07. The van der Waals surface area contributed by atoms with Gasteiger partial charge in [-0.25, -0.2) is 0 Å². The molecule has 0 aliphatic rings. The van der Waals surface area contributed by atoms with Crippen molar-refractivity contribution in [3.05, 3.63) is 29.3 Å². The number of nitrogens with two attached hydrogens (primary N) is 1. The van der Waals surface area contributed by atoms with Crippen LogP contribution in [0.25, 0.3) is 0 Å². The van der Waals surface area contributed by atoms with Crippen molar-refractivity contribution in [2.45, 2.75) is 33.1 Å². The molecule has 0 atom stereocenters. The summed E-state index contributed by atoms with van der Waals surface area (Å²) in [6, 6.07) is 5.24. The van der Waals surface area contributed by atoms with Gasteiger partial charge in [0, 0.05) is 30.6 Å². The lowest BCUT2D eigenvalue weighted by Crippen LogP contribution is -2.24. The third-order valence-electron chi connectivity index (χ3n) is 2.75. The van der Waals surface area contributed by atoms with Crippen LogP contribution in [0.5, 0.6) is 0 Å². The largest absolute Gasteiger partial charge is 0.398 e. The fourth-order valence-corrected chi connectivity index (χ4v) is 1.54. The van der Waals surface area contributed by atoms with Gasteiger partial charge in [-0.05, 0) is 25.0 Å². The van der Waals surface area contributed by atoms with E-state index in [0.717, 1.165) is 12.0 Å². The summed E-state index contributed by atoms with van der Waals surface area (Å²) >= 11 is 0. The minimum atomic E-state index is -0.0784. The molecule has 18 heavy (non-hydrogen) atoms. The number of hydrogen-bond donors (Lipinski definition) is 2. The van der Waals surface area contributed by atoms with Gasteiger partial charge in [-0.3, -0.25) is 9.59 Å². The average Bonchev–Trinajstić information content (AvgIpc) is 2.36. The van der Waals surface area contributed by atoms with E-state index in [2.05, 4.69) is 5.32 Å². The van der Waals surface area contributed by atoms with Crippen LogP contribution in [0.15, 0.2) is 18.2 Å². The molecule has 0 aromatic heterocycles. The zero-order chi connectivity index (χ0) is 13.5. The quantitative estimate of drug-likeness (QED) is 0.598. The summed E-state index contributed by atoms with van der Waals surface area (Å²) in [5, 5.41) is 2.74. The molecular formula is C14H20N2O2. The maximum Gasteiger partial charge on any atom is 0.220 e. The Morgan fingerprint density at radius 1 is 1.28 bits per heavy atom. The van der Waals surface area contributed by atoms with E-state index in [1.54, 1.807) is 12.1 Å². The molecule has 4 nitrogen and oxygen atoms in total. The Kier molecular flexibility index (Phi) is 5.36. The number of anilines is 1. The minimum absolute atomic E-state index is 0.0478. The molecular weight excluding hydrogens is 228 g/mol. The van der Waals surface area contributed by atoms with Crippen molar-refractivity contribution >= 4 is 17.4 Å². The van der Waals surface area contributed by atoms with Crippen LogP contribution in [0.1, 0.15) is 42.1 Å². The normalized spacial score (nSPS) is 10.1. The van der Waals surface area contributed by atoms with Crippen LogP contribution in [-0.2, 0) is 4.79 Å². The van der Waals surface area contributed by atoms with Gasteiger partial charge in [0.2, 0.25) is 5.91 Å². The zero-order valence-corrected chi connectivity index (χ0v) is 11.0. The number of nitrogen functional groups attached to an aromatic ring is 1. The number of carbonyl (C=O) groups excluding carboxylic acids is 2. The first-order valence-electron chi connectivity index (χ1n) is 6.20. The highest BCUT2D eigenvalue weighted by Gasteiger charge is 2.09. The smallest absolute Gasteiger partial charge is 0.220 e. The number of amides is 1. The summed E-state index contributed by atoms with van der Waals surface area (Å²) in [4.78, 5) is 23.2. The van der Waals surface area contributed by atoms with Gasteiger partial charge >= 0.3 is 0 Å². The van der Waals surface area contributed by atoms with E-state index in [0.29, 0.717) is 17.8 Å². The molecule has 0 aliphatic carbocycles. The zero-order valence-electron chi connectivity index (χ0n) is 11.0. The van der Waals surface area contributed by atoms with E-state index in [4.69, 9.17) is 5.73 Å². The molecule has 1 aromatic rings. The summed E-state index contributed by atoms with van der Waals surface area (Å²) in [5.74, 6) is -0.126. The van der Waals surface area contributed by atoms with Crippen molar-refractivity contribution in [3.63, 3.8) is 0 Å². The molecule has 0 spiro atoms. The number of ketones is 1. The Balaban J connectivity index is 2.50. The summed E-state index contributed by atoms with van der Waals surface area (Å²) in [6.45, 7) is 4.53. The number of hydrogen-bond acceptors (Lipinski definition) is 3. The Morgan fingerprint density at radius 3 is 2.61 bits per heavy atom. The topological polar surface area (TPSA) is 72.2 Å². The molecule has 3 N–H and O–H groups in total. The summed E-state index contributed by atoms with van der Waals surface area (Å²) in [6.07, 6.45) is 1.35. The maximum absolute atomic E-state index is 11.9. The highest BCUT2D eigenvalue weighted by molar-refractivity contribution is 5.98. The van der Waals surface area contributed by atoms with E-state index in [-0.39, 0.29) is 24.5 Å². The van der Waals surface area contributed by atoms with Crippen molar-refractivity contribution in [3.8, 4) is 0 Å². The Labute approximate surface area is 108 Å². The van der Waals surface area contributed by atoms with Gasteiger partial charge in [-0.15, -0.1) is 0 Å². The average molecular weight is 248 g/mol. The first-order valence-corrected chi connectivity index (χ1v) is 6.20. The number of Topliss-reactive ketones (excluding diaryl/α,β-unsaturated/α-hetero) is 1. The molecule has 0 bridgehead atoms. The standard InChI is InChI=1S/C14H20N2O2/c1-3-8-16-14(18)7-6-13(17)11-5-4-10(2)12(15)9-11/h4-5,9H,3,6-8,15H2,1-2H3,(H,16,18). The molecule has 1 aromatic carbocycles. The molecule has 0 unspecified atom stereocenters. The molecule has 0 radical (unpaired) electrons. The van der Waals surface area contributed by atoms with Crippen LogP contribution in [-0.4, -0.2) is 18.2 Å². The molecule has 98 valence electrons. The third kappa shape index (κ3) is 4.20. The SMILES string of the molecule is CCCNC(=O)CCC(=O)c1ccc(C)c(N)c1. The second kappa shape index (κ2) is 6.79.